The SMILES string of the molecule is CC(=O)OCC1OC(Sc2ccc(C)cc2)C(N2C(=O)c3ccccc3C2=O)C(OC(C)=O)C1OC(C)=O. The van der Waals surface area contributed by atoms with Gasteiger partial charge >= 0.3 is 17.9 Å². The Morgan fingerprint density at radius 1 is 0.842 bits per heavy atom. The number of fused-ring (bicyclic) bond motifs is 1. The molecule has 11 heteroatoms. The molecule has 0 aliphatic carbocycles. The van der Waals surface area contributed by atoms with Gasteiger partial charge in [0.25, 0.3) is 11.8 Å². The second kappa shape index (κ2) is 11.4. The summed E-state index contributed by atoms with van der Waals surface area (Å²) in [7, 11) is 0. The molecule has 2 aromatic rings. The molecule has 5 unspecified atom stereocenters. The van der Waals surface area contributed by atoms with Gasteiger partial charge in [-0.25, -0.2) is 0 Å². The third-order valence-electron chi connectivity index (χ3n) is 6.07. The molecular formula is C27H27NO9S. The normalized spacial score (nSPS) is 24.5. The van der Waals surface area contributed by atoms with Crippen LogP contribution in [0.25, 0.3) is 0 Å². The van der Waals surface area contributed by atoms with Gasteiger partial charge in [-0.05, 0) is 31.2 Å². The summed E-state index contributed by atoms with van der Waals surface area (Å²) in [6.07, 6.45) is -3.64. The topological polar surface area (TPSA) is 126 Å². The highest BCUT2D eigenvalue weighted by atomic mass is 32.2. The number of amides is 2. The molecular weight excluding hydrogens is 514 g/mol. The third-order valence-corrected chi connectivity index (χ3v) is 7.23. The lowest BCUT2D eigenvalue weighted by atomic mass is 9.96. The zero-order chi connectivity index (χ0) is 27.6. The van der Waals surface area contributed by atoms with E-state index in [2.05, 4.69) is 0 Å². The maximum Gasteiger partial charge on any atom is 0.303 e. The summed E-state index contributed by atoms with van der Waals surface area (Å²) >= 11 is 1.20. The number of thioether (sulfide) groups is 1. The van der Waals surface area contributed by atoms with Crippen molar-refractivity contribution in [2.24, 2.45) is 0 Å². The third kappa shape index (κ3) is 5.73. The van der Waals surface area contributed by atoms with Crippen LogP contribution in [0.15, 0.2) is 53.4 Å². The number of nitrogens with zero attached hydrogens (tertiary/aromatic N) is 1. The van der Waals surface area contributed by atoms with Crippen molar-refractivity contribution in [2.45, 2.75) is 62.4 Å². The minimum absolute atomic E-state index is 0.198. The predicted molar refractivity (Wildman–Crippen MR) is 134 cm³/mol. The molecule has 2 heterocycles. The maximum absolute atomic E-state index is 13.5. The van der Waals surface area contributed by atoms with Crippen molar-refractivity contribution >= 4 is 41.5 Å². The average molecular weight is 542 g/mol. The van der Waals surface area contributed by atoms with Crippen LogP contribution >= 0.6 is 11.8 Å². The van der Waals surface area contributed by atoms with Crippen LogP contribution in [0.3, 0.4) is 0 Å². The molecule has 2 aliphatic heterocycles. The van der Waals surface area contributed by atoms with Gasteiger partial charge in [-0.15, -0.1) is 0 Å². The molecule has 1 saturated heterocycles. The Labute approximate surface area is 223 Å². The van der Waals surface area contributed by atoms with Crippen molar-refractivity contribution < 1.29 is 42.9 Å². The molecule has 0 aromatic heterocycles. The summed E-state index contributed by atoms with van der Waals surface area (Å²) in [5.74, 6) is -3.21. The van der Waals surface area contributed by atoms with Crippen LogP contribution in [0, 0.1) is 6.92 Å². The minimum Gasteiger partial charge on any atom is -0.463 e. The van der Waals surface area contributed by atoms with Crippen LogP contribution in [-0.4, -0.2) is 71.0 Å². The van der Waals surface area contributed by atoms with Crippen LogP contribution < -0.4 is 0 Å². The number of imide groups is 1. The number of carbonyl (C=O) groups excluding carboxylic acids is 5. The first-order valence-corrected chi connectivity index (χ1v) is 12.8. The average Bonchev–Trinajstić information content (AvgIpc) is 3.10. The second-order valence-electron chi connectivity index (χ2n) is 8.94. The Bertz CT molecular complexity index is 1230. The number of ether oxygens (including phenoxy) is 4. The molecule has 0 radical (unpaired) electrons. The van der Waals surface area contributed by atoms with Crippen LogP contribution in [0.2, 0.25) is 0 Å². The van der Waals surface area contributed by atoms with Gasteiger partial charge in [-0.1, -0.05) is 41.6 Å². The first kappa shape index (κ1) is 27.3. The molecule has 38 heavy (non-hydrogen) atoms. The van der Waals surface area contributed by atoms with Gasteiger partial charge in [-0.3, -0.25) is 28.9 Å². The van der Waals surface area contributed by atoms with E-state index in [0.29, 0.717) is 0 Å². The summed E-state index contributed by atoms with van der Waals surface area (Å²) in [6, 6.07) is 12.7. The monoisotopic (exact) mass is 541 g/mol. The number of hydrogen-bond acceptors (Lipinski definition) is 10. The zero-order valence-corrected chi connectivity index (χ0v) is 22.1. The van der Waals surface area contributed by atoms with Crippen LogP contribution in [0.1, 0.15) is 47.1 Å². The highest BCUT2D eigenvalue weighted by molar-refractivity contribution is 7.99. The highest BCUT2D eigenvalue weighted by Crippen LogP contribution is 2.41. The van der Waals surface area contributed by atoms with Crippen molar-refractivity contribution in [1.29, 1.82) is 0 Å². The zero-order valence-electron chi connectivity index (χ0n) is 21.2. The number of carbonyl (C=O) groups is 5. The first-order valence-electron chi connectivity index (χ1n) is 11.9. The van der Waals surface area contributed by atoms with E-state index in [1.165, 1.54) is 37.7 Å². The molecule has 4 rings (SSSR count). The fourth-order valence-electron chi connectivity index (χ4n) is 4.48. The molecule has 200 valence electrons. The highest BCUT2D eigenvalue weighted by Gasteiger charge is 2.57. The van der Waals surface area contributed by atoms with E-state index in [1.807, 2.05) is 31.2 Å². The van der Waals surface area contributed by atoms with Crippen molar-refractivity contribution in [3.05, 3.63) is 65.2 Å². The van der Waals surface area contributed by atoms with Gasteiger partial charge in [-0.2, -0.15) is 0 Å². The molecule has 2 aliphatic rings. The molecule has 0 N–H and O–H groups in total. The number of benzene rings is 2. The molecule has 0 spiro atoms. The van der Waals surface area contributed by atoms with Gasteiger partial charge in [0.15, 0.2) is 12.2 Å². The molecule has 1 fully saturated rings. The minimum atomic E-state index is -1.31. The number of hydrogen-bond donors (Lipinski definition) is 0. The molecule has 5 atom stereocenters. The number of aryl methyl sites for hydroxylation is 1. The van der Waals surface area contributed by atoms with E-state index < -0.39 is 59.5 Å². The molecule has 0 bridgehead atoms. The van der Waals surface area contributed by atoms with Crippen molar-refractivity contribution in [1.82, 2.24) is 4.90 Å². The van der Waals surface area contributed by atoms with Gasteiger partial charge in [0.05, 0.1) is 11.1 Å². The standard InChI is InChI=1S/C27H27NO9S/c1-14-9-11-18(12-10-14)38-27-22(28-25(32)19-7-5-6-8-20(19)26(28)33)24(36-17(4)31)23(35-16(3)30)21(37-27)13-34-15(2)29/h5-12,21-24,27H,13H2,1-4H3. The van der Waals surface area contributed by atoms with Gasteiger partial charge in [0.1, 0.15) is 24.2 Å². The van der Waals surface area contributed by atoms with E-state index in [4.69, 9.17) is 18.9 Å². The van der Waals surface area contributed by atoms with E-state index in [9.17, 15) is 24.0 Å². The summed E-state index contributed by atoms with van der Waals surface area (Å²) in [6.45, 7) is 5.17. The maximum atomic E-state index is 13.5. The summed E-state index contributed by atoms with van der Waals surface area (Å²) in [5, 5.41) is 0. The molecule has 10 nitrogen and oxygen atoms in total. The van der Waals surface area contributed by atoms with Crippen LogP contribution in [0.5, 0.6) is 0 Å². The van der Waals surface area contributed by atoms with E-state index in [0.717, 1.165) is 22.3 Å². The Balaban J connectivity index is 1.82. The largest absolute Gasteiger partial charge is 0.463 e. The van der Waals surface area contributed by atoms with Crippen molar-refractivity contribution in [2.75, 3.05) is 6.61 Å². The van der Waals surface area contributed by atoms with Gasteiger partial charge in [0, 0.05) is 25.7 Å². The molecule has 2 amide bonds. The van der Waals surface area contributed by atoms with E-state index in [1.54, 1.807) is 12.1 Å². The van der Waals surface area contributed by atoms with E-state index in [-0.39, 0.29) is 17.7 Å². The van der Waals surface area contributed by atoms with Gasteiger partial charge in [0.2, 0.25) is 0 Å². The first-order chi connectivity index (χ1) is 18.1. The van der Waals surface area contributed by atoms with Gasteiger partial charge < -0.3 is 18.9 Å². The predicted octanol–water partition coefficient (Wildman–Crippen LogP) is 2.90. The van der Waals surface area contributed by atoms with Crippen LogP contribution in [0.4, 0.5) is 0 Å². The van der Waals surface area contributed by atoms with E-state index >= 15 is 0 Å². The Morgan fingerprint density at radius 2 is 1.39 bits per heavy atom. The van der Waals surface area contributed by atoms with Crippen molar-refractivity contribution in [3.8, 4) is 0 Å². The Kier molecular flexibility index (Phi) is 8.17. The molecule has 2 aromatic carbocycles. The summed E-state index contributed by atoms with van der Waals surface area (Å²) in [5.41, 5.74) is 0.446. The second-order valence-corrected chi connectivity index (χ2v) is 10.1. The van der Waals surface area contributed by atoms with Crippen molar-refractivity contribution in [3.63, 3.8) is 0 Å². The number of rotatable bonds is 7. The summed E-state index contributed by atoms with van der Waals surface area (Å²) in [4.78, 5) is 64.8. The smallest absolute Gasteiger partial charge is 0.303 e. The summed E-state index contributed by atoms with van der Waals surface area (Å²) < 4.78 is 22.6. The number of esters is 3. The Hall–Kier alpha value is -3.70. The molecule has 0 saturated carbocycles. The van der Waals surface area contributed by atoms with Crippen LogP contribution in [-0.2, 0) is 33.3 Å². The fraction of sp³-hybridized carbons (Fsp3) is 0.370. The lowest BCUT2D eigenvalue weighted by Crippen LogP contribution is -2.66. The lowest BCUT2D eigenvalue weighted by molar-refractivity contribution is -0.216. The Morgan fingerprint density at radius 3 is 1.92 bits per heavy atom. The lowest BCUT2D eigenvalue weighted by Gasteiger charge is -2.47. The fourth-order valence-corrected chi connectivity index (χ4v) is 5.66. The quantitative estimate of drug-likeness (QED) is 0.293.